The van der Waals surface area contributed by atoms with Crippen molar-refractivity contribution in [3.05, 3.63) is 48.0 Å². The van der Waals surface area contributed by atoms with Gasteiger partial charge in [-0.25, -0.2) is 0 Å². The maximum atomic E-state index is 12.6. The van der Waals surface area contributed by atoms with Crippen LogP contribution in [0.1, 0.15) is 12.0 Å². The van der Waals surface area contributed by atoms with Gasteiger partial charge in [-0.15, -0.1) is 0 Å². The fraction of sp³-hybridized carbons (Fsp3) is 0.286. The van der Waals surface area contributed by atoms with E-state index in [0.717, 1.165) is 5.56 Å². The number of anilines is 2. The third-order valence-electron chi connectivity index (χ3n) is 4.62. The van der Waals surface area contributed by atoms with Crippen LogP contribution in [-0.4, -0.2) is 38.0 Å². The highest BCUT2D eigenvalue weighted by molar-refractivity contribution is 6.04. The molecule has 1 aliphatic heterocycles. The minimum Gasteiger partial charge on any atom is -0.495 e. The van der Waals surface area contributed by atoms with Crippen LogP contribution < -0.4 is 25.4 Å². The molecule has 2 aromatic rings. The number of ether oxygens (including phenoxy) is 2. The van der Waals surface area contributed by atoms with Crippen molar-refractivity contribution >= 4 is 29.1 Å². The van der Waals surface area contributed by atoms with Crippen molar-refractivity contribution in [2.75, 3.05) is 30.5 Å². The van der Waals surface area contributed by atoms with Crippen molar-refractivity contribution < 1.29 is 23.9 Å². The van der Waals surface area contributed by atoms with Crippen molar-refractivity contribution in [3.63, 3.8) is 0 Å². The molecule has 29 heavy (non-hydrogen) atoms. The number of aryl methyl sites for hydroxylation is 1. The van der Waals surface area contributed by atoms with E-state index in [2.05, 4.69) is 5.32 Å². The molecular formula is C21H23N3O5. The first-order valence-corrected chi connectivity index (χ1v) is 9.14. The zero-order valence-corrected chi connectivity index (χ0v) is 16.3. The highest BCUT2D eigenvalue weighted by atomic mass is 16.5. The number of methoxy groups -OCH3 is 1. The molecule has 2 aromatic carbocycles. The van der Waals surface area contributed by atoms with Crippen LogP contribution in [-0.2, 0) is 14.4 Å². The predicted octanol–water partition coefficient (Wildman–Crippen LogP) is 1.86. The summed E-state index contributed by atoms with van der Waals surface area (Å²) in [5, 5.41) is 2.81. The second kappa shape index (κ2) is 8.64. The van der Waals surface area contributed by atoms with Crippen molar-refractivity contribution in [2.45, 2.75) is 13.3 Å². The second-order valence-corrected chi connectivity index (χ2v) is 6.85. The predicted molar refractivity (Wildman–Crippen MR) is 108 cm³/mol. The molecule has 0 bridgehead atoms. The van der Waals surface area contributed by atoms with Gasteiger partial charge in [0.05, 0.1) is 18.7 Å². The lowest BCUT2D eigenvalue weighted by Crippen LogP contribution is -2.28. The maximum Gasteiger partial charge on any atom is 0.255 e. The highest BCUT2D eigenvalue weighted by Crippen LogP contribution is 2.34. The second-order valence-electron chi connectivity index (χ2n) is 6.85. The molecule has 0 aliphatic carbocycles. The van der Waals surface area contributed by atoms with Gasteiger partial charge in [0.25, 0.3) is 5.91 Å². The molecule has 8 nitrogen and oxygen atoms in total. The lowest BCUT2D eigenvalue weighted by Gasteiger charge is -2.20. The standard InChI is InChI=1S/C21H23N3O5/c1-13-3-8-18(28-2)17(9-13)24-11-14(10-20(24)26)21(27)23-15-4-6-16(7-5-15)29-12-19(22)25/h3-9,14H,10-12H2,1-2H3,(H2,22,25)(H,23,27). The van der Waals surface area contributed by atoms with Gasteiger partial charge in [-0.1, -0.05) is 6.07 Å². The molecule has 1 aliphatic rings. The molecule has 0 aromatic heterocycles. The van der Waals surface area contributed by atoms with E-state index in [1.165, 1.54) is 0 Å². The zero-order valence-electron chi connectivity index (χ0n) is 16.3. The Balaban J connectivity index is 1.65. The van der Waals surface area contributed by atoms with E-state index in [4.69, 9.17) is 15.2 Å². The third-order valence-corrected chi connectivity index (χ3v) is 4.62. The SMILES string of the molecule is COc1ccc(C)cc1N1CC(C(=O)Nc2ccc(OCC(N)=O)cc2)CC1=O. The van der Waals surface area contributed by atoms with Crippen LogP contribution in [0.4, 0.5) is 11.4 Å². The number of nitrogens with one attached hydrogen (secondary N) is 1. The average molecular weight is 397 g/mol. The largest absolute Gasteiger partial charge is 0.495 e. The van der Waals surface area contributed by atoms with E-state index >= 15 is 0 Å². The Bertz CT molecular complexity index is 926. The summed E-state index contributed by atoms with van der Waals surface area (Å²) < 4.78 is 10.5. The van der Waals surface area contributed by atoms with Gasteiger partial charge in [-0.2, -0.15) is 0 Å². The fourth-order valence-corrected chi connectivity index (χ4v) is 3.16. The Morgan fingerprint density at radius 3 is 2.59 bits per heavy atom. The molecule has 3 N–H and O–H groups in total. The van der Waals surface area contributed by atoms with E-state index in [1.54, 1.807) is 36.3 Å². The monoisotopic (exact) mass is 397 g/mol. The van der Waals surface area contributed by atoms with Crippen molar-refractivity contribution in [2.24, 2.45) is 11.7 Å². The number of amides is 3. The molecule has 8 heteroatoms. The van der Waals surface area contributed by atoms with Crippen LogP contribution in [0.2, 0.25) is 0 Å². The summed E-state index contributed by atoms with van der Waals surface area (Å²) in [5.74, 6) is -0.337. The Morgan fingerprint density at radius 2 is 1.93 bits per heavy atom. The number of benzene rings is 2. The minimum atomic E-state index is -0.567. The summed E-state index contributed by atoms with van der Waals surface area (Å²) in [5.41, 5.74) is 7.28. The third kappa shape index (κ3) is 4.84. The van der Waals surface area contributed by atoms with Gasteiger partial charge < -0.3 is 25.4 Å². The van der Waals surface area contributed by atoms with E-state index in [1.807, 2.05) is 25.1 Å². The molecule has 1 saturated heterocycles. The Morgan fingerprint density at radius 1 is 1.21 bits per heavy atom. The van der Waals surface area contributed by atoms with Crippen LogP contribution >= 0.6 is 0 Å². The van der Waals surface area contributed by atoms with Crippen LogP contribution in [0, 0.1) is 12.8 Å². The molecule has 0 saturated carbocycles. The summed E-state index contributed by atoms with van der Waals surface area (Å²) in [7, 11) is 1.55. The number of hydrogen-bond donors (Lipinski definition) is 2. The van der Waals surface area contributed by atoms with Gasteiger partial charge in [-0.05, 0) is 48.9 Å². The minimum absolute atomic E-state index is 0.121. The number of nitrogens with two attached hydrogens (primary N) is 1. The molecule has 1 heterocycles. The van der Waals surface area contributed by atoms with Gasteiger partial charge >= 0.3 is 0 Å². The van der Waals surface area contributed by atoms with Crippen molar-refractivity contribution in [3.8, 4) is 11.5 Å². The molecule has 0 radical (unpaired) electrons. The van der Waals surface area contributed by atoms with E-state index < -0.39 is 11.8 Å². The Kier molecular flexibility index (Phi) is 6.01. The fourth-order valence-electron chi connectivity index (χ4n) is 3.16. The molecule has 3 rings (SSSR count). The summed E-state index contributed by atoms with van der Waals surface area (Å²) in [6, 6.07) is 12.2. The summed E-state index contributed by atoms with van der Waals surface area (Å²) in [6.07, 6.45) is 0.128. The van der Waals surface area contributed by atoms with E-state index in [-0.39, 0.29) is 31.4 Å². The quantitative estimate of drug-likeness (QED) is 0.741. The van der Waals surface area contributed by atoms with Crippen molar-refractivity contribution in [1.29, 1.82) is 0 Å². The first-order valence-electron chi connectivity index (χ1n) is 9.14. The number of nitrogens with zero attached hydrogens (tertiary/aromatic N) is 1. The van der Waals surface area contributed by atoms with E-state index in [0.29, 0.717) is 22.9 Å². The Labute approximate surface area is 168 Å². The smallest absolute Gasteiger partial charge is 0.255 e. The molecule has 3 amide bonds. The molecule has 1 unspecified atom stereocenters. The van der Waals surface area contributed by atoms with Gasteiger partial charge in [0.1, 0.15) is 11.5 Å². The number of primary amides is 1. The summed E-state index contributed by atoms with van der Waals surface area (Å²) >= 11 is 0. The summed E-state index contributed by atoms with van der Waals surface area (Å²) in [4.78, 5) is 37.5. The maximum absolute atomic E-state index is 12.6. The van der Waals surface area contributed by atoms with Crippen LogP contribution in [0.3, 0.4) is 0 Å². The van der Waals surface area contributed by atoms with Crippen LogP contribution in [0.25, 0.3) is 0 Å². The van der Waals surface area contributed by atoms with Crippen LogP contribution in [0.15, 0.2) is 42.5 Å². The molecule has 1 atom stereocenters. The number of rotatable bonds is 7. The topological polar surface area (TPSA) is 111 Å². The average Bonchev–Trinajstić information content (AvgIpc) is 3.09. The van der Waals surface area contributed by atoms with Gasteiger partial charge in [0.2, 0.25) is 11.8 Å². The molecule has 0 spiro atoms. The molecular weight excluding hydrogens is 374 g/mol. The normalized spacial score (nSPS) is 15.9. The van der Waals surface area contributed by atoms with Crippen molar-refractivity contribution in [1.82, 2.24) is 0 Å². The van der Waals surface area contributed by atoms with E-state index in [9.17, 15) is 14.4 Å². The summed E-state index contributed by atoms with van der Waals surface area (Å²) in [6.45, 7) is 2.00. The highest BCUT2D eigenvalue weighted by Gasteiger charge is 2.36. The lowest BCUT2D eigenvalue weighted by molar-refractivity contribution is -0.122. The number of carbonyl (C=O) groups excluding carboxylic acids is 3. The lowest BCUT2D eigenvalue weighted by atomic mass is 10.1. The number of hydrogen-bond acceptors (Lipinski definition) is 5. The number of carbonyl (C=O) groups is 3. The first-order chi connectivity index (χ1) is 13.9. The zero-order chi connectivity index (χ0) is 21.0. The molecule has 152 valence electrons. The molecule has 1 fully saturated rings. The van der Waals surface area contributed by atoms with Gasteiger partial charge in [-0.3, -0.25) is 14.4 Å². The van der Waals surface area contributed by atoms with Gasteiger partial charge in [0, 0.05) is 18.7 Å². The van der Waals surface area contributed by atoms with Gasteiger partial charge in [0.15, 0.2) is 6.61 Å². The van der Waals surface area contributed by atoms with Crippen LogP contribution in [0.5, 0.6) is 11.5 Å². The first kappa shape index (κ1) is 20.2. The Hall–Kier alpha value is -3.55.